The van der Waals surface area contributed by atoms with Gasteiger partial charge >= 0.3 is 0 Å². The molecule has 3 rings (SSSR count). The van der Waals surface area contributed by atoms with Crippen molar-refractivity contribution in [3.8, 4) is 5.75 Å². The van der Waals surface area contributed by atoms with Crippen molar-refractivity contribution in [2.75, 3.05) is 38.2 Å². The van der Waals surface area contributed by atoms with E-state index in [4.69, 9.17) is 16.3 Å². The number of anilines is 1. The minimum Gasteiger partial charge on any atom is -0.495 e. The van der Waals surface area contributed by atoms with E-state index in [0.29, 0.717) is 6.42 Å². The van der Waals surface area contributed by atoms with E-state index in [-0.39, 0.29) is 5.91 Å². The van der Waals surface area contributed by atoms with Crippen LogP contribution in [0.25, 0.3) is 0 Å². The van der Waals surface area contributed by atoms with Crippen LogP contribution in [0, 0.1) is 0 Å². The highest BCUT2D eigenvalue weighted by Crippen LogP contribution is 2.28. The molecule has 1 aliphatic heterocycles. The quantitative estimate of drug-likeness (QED) is 0.818. The second-order valence-corrected chi connectivity index (χ2v) is 6.60. The van der Waals surface area contributed by atoms with E-state index in [0.717, 1.165) is 54.6 Å². The first-order valence-electron chi connectivity index (χ1n) is 8.57. The van der Waals surface area contributed by atoms with Crippen LogP contribution in [-0.4, -0.2) is 44.1 Å². The van der Waals surface area contributed by atoms with Gasteiger partial charge in [0.2, 0.25) is 5.91 Å². The summed E-state index contributed by atoms with van der Waals surface area (Å²) in [7, 11) is 1.69. The Morgan fingerprint density at radius 2 is 1.72 bits per heavy atom. The molecule has 25 heavy (non-hydrogen) atoms. The second-order valence-electron chi connectivity index (χ2n) is 6.17. The molecular formula is C20H23ClN2O2. The van der Waals surface area contributed by atoms with E-state index < -0.39 is 0 Å². The van der Waals surface area contributed by atoms with E-state index in [2.05, 4.69) is 11.0 Å². The average Bonchev–Trinajstić information content (AvgIpc) is 2.67. The number of aryl methyl sites for hydroxylation is 1. The molecule has 2 aromatic rings. The summed E-state index contributed by atoms with van der Waals surface area (Å²) in [6, 6.07) is 15.7. The second kappa shape index (κ2) is 8.26. The lowest BCUT2D eigenvalue weighted by atomic mass is 10.1. The van der Waals surface area contributed by atoms with E-state index in [9.17, 15) is 4.79 Å². The highest BCUT2D eigenvalue weighted by molar-refractivity contribution is 6.30. The monoisotopic (exact) mass is 358 g/mol. The van der Waals surface area contributed by atoms with Crippen LogP contribution in [0.3, 0.4) is 0 Å². The Bertz CT molecular complexity index is 710. The van der Waals surface area contributed by atoms with E-state index in [1.54, 1.807) is 7.11 Å². The number of halogens is 1. The first-order chi connectivity index (χ1) is 12.2. The van der Waals surface area contributed by atoms with Gasteiger partial charge in [0, 0.05) is 37.6 Å². The topological polar surface area (TPSA) is 32.8 Å². The predicted molar refractivity (Wildman–Crippen MR) is 102 cm³/mol. The van der Waals surface area contributed by atoms with Crippen LogP contribution in [0.2, 0.25) is 5.02 Å². The van der Waals surface area contributed by atoms with Crippen molar-refractivity contribution in [3.63, 3.8) is 0 Å². The molecule has 0 radical (unpaired) electrons. The molecule has 5 heteroatoms. The normalized spacial score (nSPS) is 14.5. The molecule has 0 unspecified atom stereocenters. The first-order valence-corrected chi connectivity index (χ1v) is 8.95. The molecule has 1 amide bonds. The lowest BCUT2D eigenvalue weighted by molar-refractivity contribution is -0.131. The van der Waals surface area contributed by atoms with E-state index in [1.807, 2.05) is 47.4 Å². The summed E-state index contributed by atoms with van der Waals surface area (Å²) in [6.45, 7) is 3.15. The number of carbonyl (C=O) groups excluding carboxylic acids is 1. The van der Waals surface area contributed by atoms with Crippen LogP contribution in [0.1, 0.15) is 12.0 Å². The summed E-state index contributed by atoms with van der Waals surface area (Å²) in [5, 5.41) is 0.725. The molecule has 0 saturated carbocycles. The standard InChI is InChI=1S/C20H23ClN2O2/c1-25-19-5-3-2-4-18(19)22-12-14-23(15-13-22)20(24)11-8-16-6-9-17(21)10-7-16/h2-7,9-10H,8,11-15H2,1H3. The summed E-state index contributed by atoms with van der Waals surface area (Å²) in [4.78, 5) is 16.7. The lowest BCUT2D eigenvalue weighted by Crippen LogP contribution is -2.48. The largest absolute Gasteiger partial charge is 0.495 e. The van der Waals surface area contributed by atoms with Crippen LogP contribution < -0.4 is 9.64 Å². The Hall–Kier alpha value is -2.20. The summed E-state index contributed by atoms with van der Waals surface area (Å²) in [5.41, 5.74) is 2.24. The maximum atomic E-state index is 12.5. The fourth-order valence-corrected chi connectivity index (χ4v) is 3.27. The molecule has 1 fully saturated rings. The fraction of sp³-hybridized carbons (Fsp3) is 0.350. The molecule has 0 aromatic heterocycles. The molecule has 0 aliphatic carbocycles. The SMILES string of the molecule is COc1ccccc1N1CCN(C(=O)CCc2ccc(Cl)cc2)CC1. The van der Waals surface area contributed by atoms with Crippen LogP contribution in [-0.2, 0) is 11.2 Å². The molecule has 0 spiro atoms. The van der Waals surface area contributed by atoms with Crippen LogP contribution >= 0.6 is 11.6 Å². The zero-order chi connectivity index (χ0) is 17.6. The third-order valence-corrected chi connectivity index (χ3v) is 4.85. The minimum absolute atomic E-state index is 0.217. The third-order valence-electron chi connectivity index (χ3n) is 4.60. The Kier molecular flexibility index (Phi) is 5.82. The van der Waals surface area contributed by atoms with Crippen molar-refractivity contribution in [1.29, 1.82) is 0 Å². The van der Waals surface area contributed by atoms with Crippen LogP contribution in [0.15, 0.2) is 48.5 Å². The molecule has 4 nitrogen and oxygen atoms in total. The number of piperazine rings is 1. The Labute approximate surface area is 154 Å². The van der Waals surface area contributed by atoms with Crippen LogP contribution in [0.4, 0.5) is 5.69 Å². The molecule has 1 aliphatic rings. The fourth-order valence-electron chi connectivity index (χ4n) is 3.15. The van der Waals surface area contributed by atoms with E-state index >= 15 is 0 Å². The number of methoxy groups -OCH3 is 1. The number of hydrogen-bond donors (Lipinski definition) is 0. The van der Waals surface area contributed by atoms with Crippen molar-refractivity contribution in [3.05, 3.63) is 59.1 Å². The molecule has 132 valence electrons. The maximum Gasteiger partial charge on any atom is 0.223 e. The minimum atomic E-state index is 0.217. The van der Waals surface area contributed by atoms with Crippen molar-refractivity contribution < 1.29 is 9.53 Å². The number of rotatable bonds is 5. The molecule has 1 saturated heterocycles. The Balaban J connectivity index is 1.51. The number of hydrogen-bond acceptors (Lipinski definition) is 3. The van der Waals surface area contributed by atoms with Crippen molar-refractivity contribution in [1.82, 2.24) is 4.90 Å². The predicted octanol–water partition coefficient (Wildman–Crippen LogP) is 3.63. The van der Waals surface area contributed by atoms with Crippen LogP contribution in [0.5, 0.6) is 5.75 Å². The molecule has 1 heterocycles. The van der Waals surface area contributed by atoms with Gasteiger partial charge in [-0.3, -0.25) is 4.79 Å². The van der Waals surface area contributed by atoms with Gasteiger partial charge in [0.1, 0.15) is 5.75 Å². The molecule has 0 atom stereocenters. The Morgan fingerprint density at radius 3 is 2.40 bits per heavy atom. The highest BCUT2D eigenvalue weighted by Gasteiger charge is 2.22. The first kappa shape index (κ1) is 17.6. The molecule has 2 aromatic carbocycles. The number of para-hydroxylation sites is 2. The number of benzene rings is 2. The van der Waals surface area contributed by atoms with Gasteiger partial charge in [-0.05, 0) is 36.2 Å². The highest BCUT2D eigenvalue weighted by atomic mass is 35.5. The van der Waals surface area contributed by atoms with Gasteiger partial charge in [0.15, 0.2) is 0 Å². The van der Waals surface area contributed by atoms with Crippen molar-refractivity contribution in [2.24, 2.45) is 0 Å². The summed E-state index contributed by atoms with van der Waals surface area (Å²) in [6.07, 6.45) is 1.29. The number of carbonyl (C=O) groups is 1. The maximum absolute atomic E-state index is 12.5. The molecule has 0 bridgehead atoms. The molecule has 0 N–H and O–H groups in total. The van der Waals surface area contributed by atoms with Gasteiger partial charge in [-0.25, -0.2) is 0 Å². The number of amides is 1. The number of nitrogens with zero attached hydrogens (tertiary/aromatic N) is 2. The zero-order valence-corrected chi connectivity index (χ0v) is 15.2. The van der Waals surface area contributed by atoms with Gasteiger partial charge < -0.3 is 14.5 Å². The lowest BCUT2D eigenvalue weighted by Gasteiger charge is -2.36. The van der Waals surface area contributed by atoms with Gasteiger partial charge in [-0.15, -0.1) is 0 Å². The van der Waals surface area contributed by atoms with Gasteiger partial charge in [0.05, 0.1) is 12.8 Å². The zero-order valence-electron chi connectivity index (χ0n) is 14.5. The van der Waals surface area contributed by atoms with Crippen molar-refractivity contribution >= 4 is 23.2 Å². The van der Waals surface area contributed by atoms with Gasteiger partial charge in [-0.2, -0.15) is 0 Å². The van der Waals surface area contributed by atoms with Crippen molar-refractivity contribution in [2.45, 2.75) is 12.8 Å². The number of ether oxygens (including phenoxy) is 1. The Morgan fingerprint density at radius 1 is 1.04 bits per heavy atom. The smallest absolute Gasteiger partial charge is 0.223 e. The summed E-state index contributed by atoms with van der Waals surface area (Å²) >= 11 is 5.89. The van der Waals surface area contributed by atoms with Gasteiger partial charge in [0.25, 0.3) is 0 Å². The van der Waals surface area contributed by atoms with E-state index in [1.165, 1.54) is 0 Å². The average molecular weight is 359 g/mol. The summed E-state index contributed by atoms with van der Waals surface area (Å²) < 4.78 is 5.44. The molecular weight excluding hydrogens is 336 g/mol. The van der Waals surface area contributed by atoms with Gasteiger partial charge in [-0.1, -0.05) is 35.9 Å². The summed E-state index contributed by atoms with van der Waals surface area (Å²) in [5.74, 6) is 1.10. The third kappa shape index (κ3) is 4.45.